The number of hydrogen-bond acceptors (Lipinski definition) is 7. The minimum Gasteiger partial charge on any atom is -0.394 e. The van der Waals surface area contributed by atoms with Crippen LogP contribution in [0, 0.1) is 0 Å². The summed E-state index contributed by atoms with van der Waals surface area (Å²) < 4.78 is 1.90. The number of aliphatic hydroxyl groups excluding tert-OH is 1. The molecule has 0 saturated carbocycles. The number of carbonyl (C=O) groups excluding carboxylic acids is 1. The molecule has 35 heavy (non-hydrogen) atoms. The van der Waals surface area contributed by atoms with Gasteiger partial charge in [0.1, 0.15) is 5.82 Å². The van der Waals surface area contributed by atoms with Crippen molar-refractivity contribution in [2.45, 2.75) is 59.6 Å². The minimum atomic E-state index is -0.167. The molecule has 0 aliphatic carbocycles. The quantitative estimate of drug-likeness (QED) is 0.513. The van der Waals surface area contributed by atoms with Gasteiger partial charge in [-0.15, -0.1) is 0 Å². The standard InChI is InChI=1S/C21H23N7O.C3H8O.C2H6/c1-27-13-22-12-17(27)20-15-10-25-21(29)19(15)16(11-24-20)26-18-6-5-14(9-23-18)28-7-3-2-4-8-28;1-3(2)4;1-2/h5-6,9,11-13H,2-4,7-8,10H2,1H3,(H,23,26)(H,25,29);3-4H,1-2H3;1-2H3. The maximum Gasteiger partial charge on any atom is 0.254 e. The number of fused-ring (bicyclic) bond motifs is 1. The van der Waals surface area contributed by atoms with Gasteiger partial charge in [0.05, 0.1) is 53.2 Å². The van der Waals surface area contributed by atoms with Gasteiger partial charge in [0, 0.05) is 38.3 Å². The molecule has 1 amide bonds. The fourth-order valence-electron chi connectivity index (χ4n) is 4.08. The molecule has 5 heterocycles. The third-order valence-corrected chi connectivity index (χ3v) is 5.62. The van der Waals surface area contributed by atoms with E-state index in [1.165, 1.54) is 19.3 Å². The van der Waals surface area contributed by atoms with Crippen LogP contribution in [-0.2, 0) is 13.6 Å². The molecule has 3 N–H and O–H groups in total. The minimum absolute atomic E-state index is 0.0988. The van der Waals surface area contributed by atoms with Gasteiger partial charge in [0.25, 0.3) is 5.91 Å². The van der Waals surface area contributed by atoms with Gasteiger partial charge in [-0.05, 0) is 45.2 Å². The Bertz CT molecular complexity index is 1100. The number of rotatable bonds is 4. The average molecular weight is 480 g/mol. The Morgan fingerprint density at radius 1 is 1.06 bits per heavy atom. The fourth-order valence-corrected chi connectivity index (χ4v) is 4.08. The second-order valence-electron chi connectivity index (χ2n) is 8.61. The largest absolute Gasteiger partial charge is 0.394 e. The average Bonchev–Trinajstić information content (AvgIpc) is 3.47. The highest BCUT2D eigenvalue weighted by Crippen LogP contribution is 2.33. The molecule has 2 aliphatic heterocycles. The third-order valence-electron chi connectivity index (χ3n) is 5.62. The number of aromatic nitrogens is 4. The van der Waals surface area contributed by atoms with Crippen LogP contribution in [0.15, 0.2) is 37.1 Å². The lowest BCUT2D eigenvalue weighted by Gasteiger charge is -2.28. The van der Waals surface area contributed by atoms with Crippen molar-refractivity contribution in [2.24, 2.45) is 7.05 Å². The van der Waals surface area contributed by atoms with Gasteiger partial charge in [0.2, 0.25) is 0 Å². The number of anilines is 3. The van der Waals surface area contributed by atoms with E-state index in [1.807, 2.05) is 37.7 Å². The van der Waals surface area contributed by atoms with Crippen molar-refractivity contribution < 1.29 is 9.90 Å². The number of hydrogen-bond donors (Lipinski definition) is 3. The first-order valence-electron chi connectivity index (χ1n) is 12.4. The first-order chi connectivity index (χ1) is 16.9. The van der Waals surface area contributed by atoms with Crippen LogP contribution in [-0.4, -0.2) is 49.7 Å². The molecule has 3 aromatic heterocycles. The Labute approximate surface area is 207 Å². The molecule has 0 bridgehead atoms. The van der Waals surface area contributed by atoms with Gasteiger partial charge in [-0.3, -0.25) is 9.78 Å². The number of piperidine rings is 1. The van der Waals surface area contributed by atoms with Crippen LogP contribution in [0.5, 0.6) is 0 Å². The summed E-state index contributed by atoms with van der Waals surface area (Å²) >= 11 is 0. The molecule has 1 fully saturated rings. The molecule has 0 aromatic carbocycles. The maximum absolute atomic E-state index is 12.5. The summed E-state index contributed by atoms with van der Waals surface area (Å²) in [5.74, 6) is 0.598. The summed E-state index contributed by atoms with van der Waals surface area (Å²) in [6.07, 6.45) is 10.7. The van der Waals surface area contributed by atoms with Crippen molar-refractivity contribution >= 4 is 23.1 Å². The molecule has 5 rings (SSSR count). The van der Waals surface area contributed by atoms with E-state index < -0.39 is 0 Å². The van der Waals surface area contributed by atoms with Crippen LogP contribution in [0.3, 0.4) is 0 Å². The lowest BCUT2D eigenvalue weighted by molar-refractivity contribution is 0.0966. The summed E-state index contributed by atoms with van der Waals surface area (Å²) in [5, 5.41) is 14.2. The third kappa shape index (κ3) is 6.36. The van der Waals surface area contributed by atoms with Gasteiger partial charge in [-0.2, -0.15) is 0 Å². The number of aliphatic hydroxyl groups is 1. The molecule has 1 saturated heterocycles. The molecule has 2 aliphatic rings. The Morgan fingerprint density at radius 3 is 2.37 bits per heavy atom. The molecule has 9 heteroatoms. The van der Waals surface area contributed by atoms with E-state index >= 15 is 0 Å². The molecule has 0 unspecified atom stereocenters. The smallest absolute Gasteiger partial charge is 0.254 e. The van der Waals surface area contributed by atoms with Crippen LogP contribution in [0.2, 0.25) is 0 Å². The zero-order valence-corrected chi connectivity index (χ0v) is 21.4. The van der Waals surface area contributed by atoms with E-state index in [-0.39, 0.29) is 12.0 Å². The Hall–Kier alpha value is -3.46. The second-order valence-corrected chi connectivity index (χ2v) is 8.61. The van der Waals surface area contributed by atoms with Gasteiger partial charge in [-0.1, -0.05) is 13.8 Å². The molecule has 188 valence electrons. The summed E-state index contributed by atoms with van der Waals surface area (Å²) in [5.41, 5.74) is 4.97. The normalized spacial score (nSPS) is 14.4. The fraction of sp³-hybridized carbons (Fsp3) is 0.462. The number of imidazole rings is 1. The van der Waals surface area contributed by atoms with Gasteiger partial charge in [-0.25, -0.2) is 9.97 Å². The number of pyridine rings is 2. The first kappa shape index (κ1) is 26.2. The van der Waals surface area contributed by atoms with Gasteiger partial charge >= 0.3 is 0 Å². The number of nitrogens with one attached hydrogen (secondary N) is 2. The molecular weight excluding hydrogens is 442 g/mol. The summed E-state index contributed by atoms with van der Waals surface area (Å²) in [7, 11) is 1.92. The van der Waals surface area contributed by atoms with Gasteiger partial charge < -0.3 is 25.2 Å². The van der Waals surface area contributed by atoms with Crippen LogP contribution in [0.25, 0.3) is 11.4 Å². The molecular formula is C26H37N7O2. The van der Waals surface area contributed by atoms with Crippen molar-refractivity contribution in [1.82, 2.24) is 24.8 Å². The highest BCUT2D eigenvalue weighted by molar-refractivity contribution is 6.05. The van der Waals surface area contributed by atoms with Crippen LogP contribution in [0.1, 0.15) is 62.9 Å². The SMILES string of the molecule is CC.CC(C)O.Cn1cncc1-c1ncc(Nc2ccc(N3CCCCC3)cn2)c2c1CNC2=O. The van der Waals surface area contributed by atoms with E-state index in [0.717, 1.165) is 35.7 Å². The van der Waals surface area contributed by atoms with Crippen LogP contribution in [0.4, 0.5) is 17.2 Å². The van der Waals surface area contributed by atoms with E-state index in [2.05, 4.69) is 36.6 Å². The van der Waals surface area contributed by atoms with Crippen molar-refractivity contribution in [1.29, 1.82) is 0 Å². The molecule has 9 nitrogen and oxygen atoms in total. The van der Waals surface area contributed by atoms with Gasteiger partial charge in [0.15, 0.2) is 0 Å². The van der Waals surface area contributed by atoms with E-state index in [1.54, 1.807) is 32.6 Å². The summed E-state index contributed by atoms with van der Waals surface area (Å²) in [4.78, 5) is 28.2. The van der Waals surface area contributed by atoms with Crippen LogP contribution < -0.4 is 15.5 Å². The number of aryl methyl sites for hydroxylation is 1. The van der Waals surface area contributed by atoms with Crippen molar-refractivity contribution in [2.75, 3.05) is 23.3 Å². The summed E-state index contributed by atoms with van der Waals surface area (Å²) in [6, 6.07) is 4.04. The monoisotopic (exact) mass is 479 g/mol. The predicted octanol–water partition coefficient (Wildman–Crippen LogP) is 4.27. The van der Waals surface area contributed by atoms with Crippen molar-refractivity contribution in [3.8, 4) is 11.4 Å². The topological polar surface area (TPSA) is 108 Å². The molecule has 0 atom stereocenters. The molecule has 0 spiro atoms. The first-order valence-corrected chi connectivity index (χ1v) is 12.4. The number of carbonyl (C=O) groups is 1. The maximum atomic E-state index is 12.5. The van der Waals surface area contributed by atoms with E-state index in [4.69, 9.17) is 5.11 Å². The highest BCUT2D eigenvalue weighted by Gasteiger charge is 2.28. The Morgan fingerprint density at radius 2 is 1.77 bits per heavy atom. The number of amides is 1. The Balaban J connectivity index is 0.000000521. The Kier molecular flexibility index (Phi) is 9.19. The second kappa shape index (κ2) is 12.3. The number of nitrogens with zero attached hydrogens (tertiary/aromatic N) is 5. The molecule has 0 radical (unpaired) electrons. The lowest BCUT2D eigenvalue weighted by Crippen LogP contribution is -2.29. The molecule has 3 aromatic rings. The van der Waals surface area contributed by atoms with Crippen molar-refractivity contribution in [3.05, 3.63) is 48.2 Å². The zero-order valence-electron chi connectivity index (χ0n) is 21.4. The lowest BCUT2D eigenvalue weighted by atomic mass is 10.1. The summed E-state index contributed by atoms with van der Waals surface area (Å²) in [6.45, 7) is 10.1. The van der Waals surface area contributed by atoms with Crippen molar-refractivity contribution in [3.63, 3.8) is 0 Å². The highest BCUT2D eigenvalue weighted by atomic mass is 16.3. The zero-order chi connectivity index (χ0) is 25.4. The van der Waals surface area contributed by atoms with Crippen LogP contribution >= 0.6 is 0 Å². The van der Waals surface area contributed by atoms with E-state index in [9.17, 15) is 4.79 Å². The predicted molar refractivity (Wildman–Crippen MR) is 140 cm³/mol. The van der Waals surface area contributed by atoms with E-state index in [0.29, 0.717) is 23.6 Å².